The summed E-state index contributed by atoms with van der Waals surface area (Å²) in [5, 5.41) is 4.21. The maximum absolute atomic E-state index is 13.4. The molecule has 0 bridgehead atoms. The number of carbonyl (C=O) groups excluding carboxylic acids is 1. The molecular formula is C28H27FN2O. The van der Waals surface area contributed by atoms with Gasteiger partial charge in [0, 0.05) is 36.1 Å². The molecule has 0 unspecified atom stereocenters. The fourth-order valence-corrected chi connectivity index (χ4v) is 4.65. The number of benzene rings is 3. The third-order valence-electron chi connectivity index (χ3n) is 6.55. The summed E-state index contributed by atoms with van der Waals surface area (Å²) in [5.74, 6) is -0.0286. The van der Waals surface area contributed by atoms with Crippen molar-refractivity contribution in [1.29, 1.82) is 0 Å². The van der Waals surface area contributed by atoms with Gasteiger partial charge in [-0.2, -0.15) is 0 Å². The van der Waals surface area contributed by atoms with E-state index < -0.39 is 0 Å². The van der Waals surface area contributed by atoms with Crippen LogP contribution in [0.2, 0.25) is 0 Å². The van der Waals surface area contributed by atoms with E-state index in [0.29, 0.717) is 6.54 Å². The Morgan fingerprint density at radius 2 is 1.91 bits per heavy atom. The van der Waals surface area contributed by atoms with Crippen LogP contribution in [0.1, 0.15) is 40.2 Å². The normalized spacial score (nSPS) is 17.5. The maximum atomic E-state index is 13.4. The molecule has 1 aromatic heterocycles. The number of aryl methyl sites for hydroxylation is 2. The second-order valence-electron chi connectivity index (χ2n) is 8.96. The van der Waals surface area contributed by atoms with E-state index in [1.165, 1.54) is 45.3 Å². The number of carbonyl (C=O) groups is 1. The topological polar surface area (TPSA) is 34.0 Å². The minimum absolute atomic E-state index is 0.0245. The molecule has 0 aliphatic heterocycles. The molecule has 2 atom stereocenters. The Morgan fingerprint density at radius 1 is 1.06 bits per heavy atom. The molecule has 1 heterocycles. The quantitative estimate of drug-likeness (QED) is 0.411. The van der Waals surface area contributed by atoms with Crippen LogP contribution >= 0.6 is 0 Å². The van der Waals surface area contributed by atoms with Gasteiger partial charge in [-0.1, -0.05) is 54.1 Å². The third kappa shape index (κ3) is 4.05. The number of fused-ring (bicyclic) bond motifs is 1. The summed E-state index contributed by atoms with van der Waals surface area (Å²) in [4.78, 5) is 12.8. The first kappa shape index (κ1) is 20.5. The van der Waals surface area contributed by atoms with Crippen LogP contribution < -0.4 is 5.32 Å². The Hall–Kier alpha value is -3.40. The largest absolute Gasteiger partial charge is 0.352 e. The van der Waals surface area contributed by atoms with Gasteiger partial charge in [0.15, 0.2) is 0 Å². The van der Waals surface area contributed by atoms with E-state index in [9.17, 15) is 9.18 Å². The Labute approximate surface area is 187 Å². The lowest BCUT2D eigenvalue weighted by atomic mass is 10.1. The number of hydrogen-bond donors (Lipinski definition) is 1. The summed E-state index contributed by atoms with van der Waals surface area (Å²) in [6, 6.07) is 21.4. The number of aromatic nitrogens is 1. The molecule has 1 N–H and O–H groups in total. The van der Waals surface area contributed by atoms with Crippen LogP contribution in [-0.4, -0.2) is 10.5 Å². The highest BCUT2D eigenvalue weighted by Crippen LogP contribution is 2.50. The van der Waals surface area contributed by atoms with Crippen molar-refractivity contribution >= 4 is 16.8 Å². The minimum atomic E-state index is -0.280. The number of rotatable bonds is 6. The highest BCUT2D eigenvalue weighted by molar-refractivity contribution is 5.89. The standard InChI is InChI=1S/C28H27FN2O/c1-18-10-11-19(2)21(12-18)16-31-17-26(23-8-3-4-9-27(23)31)24-14-25(24)28(32)30-15-20-6-5-7-22(29)13-20/h3-13,17,24-25H,14-16H2,1-2H3,(H,30,32)/t24-,25-/m0/s1. The van der Waals surface area contributed by atoms with E-state index in [-0.39, 0.29) is 23.6 Å². The molecule has 1 amide bonds. The zero-order chi connectivity index (χ0) is 22.2. The molecule has 1 aliphatic carbocycles. The summed E-state index contributed by atoms with van der Waals surface area (Å²) >= 11 is 0. The van der Waals surface area contributed by atoms with Crippen molar-refractivity contribution < 1.29 is 9.18 Å². The van der Waals surface area contributed by atoms with Crippen molar-refractivity contribution in [3.63, 3.8) is 0 Å². The van der Waals surface area contributed by atoms with Crippen LogP contribution in [-0.2, 0) is 17.9 Å². The molecule has 3 aromatic carbocycles. The lowest BCUT2D eigenvalue weighted by molar-refractivity contribution is -0.122. The summed E-state index contributed by atoms with van der Waals surface area (Å²) in [6.07, 6.45) is 3.09. The number of nitrogens with zero attached hydrogens (tertiary/aromatic N) is 1. The summed E-state index contributed by atoms with van der Waals surface area (Å²) in [5.41, 5.74) is 7.10. The number of halogens is 1. The van der Waals surface area contributed by atoms with Gasteiger partial charge in [-0.3, -0.25) is 4.79 Å². The number of para-hydroxylation sites is 1. The summed E-state index contributed by atoms with van der Waals surface area (Å²) in [7, 11) is 0. The second kappa shape index (κ2) is 8.27. The summed E-state index contributed by atoms with van der Waals surface area (Å²) in [6.45, 7) is 5.45. The molecule has 0 saturated heterocycles. The zero-order valence-electron chi connectivity index (χ0n) is 18.4. The van der Waals surface area contributed by atoms with E-state index in [1.54, 1.807) is 6.07 Å². The van der Waals surface area contributed by atoms with Crippen LogP contribution in [0.15, 0.2) is 72.9 Å². The van der Waals surface area contributed by atoms with Gasteiger partial charge >= 0.3 is 0 Å². The molecule has 5 rings (SSSR count). The van der Waals surface area contributed by atoms with E-state index >= 15 is 0 Å². The van der Waals surface area contributed by atoms with Gasteiger partial charge in [-0.25, -0.2) is 4.39 Å². The van der Waals surface area contributed by atoms with E-state index in [0.717, 1.165) is 18.5 Å². The summed E-state index contributed by atoms with van der Waals surface area (Å²) < 4.78 is 15.7. The highest BCUT2D eigenvalue weighted by Gasteiger charge is 2.45. The fraction of sp³-hybridized carbons (Fsp3) is 0.250. The van der Waals surface area contributed by atoms with Crippen molar-refractivity contribution in [3.05, 3.63) is 107 Å². The lowest BCUT2D eigenvalue weighted by Gasteiger charge is -2.09. The molecule has 0 spiro atoms. The highest BCUT2D eigenvalue weighted by atomic mass is 19.1. The van der Waals surface area contributed by atoms with Crippen molar-refractivity contribution in [2.24, 2.45) is 5.92 Å². The van der Waals surface area contributed by atoms with Gasteiger partial charge in [0.2, 0.25) is 5.91 Å². The Kier molecular flexibility index (Phi) is 5.30. The zero-order valence-corrected chi connectivity index (χ0v) is 18.4. The van der Waals surface area contributed by atoms with E-state index in [1.807, 2.05) is 6.07 Å². The van der Waals surface area contributed by atoms with Gasteiger partial charge in [-0.15, -0.1) is 0 Å². The van der Waals surface area contributed by atoms with Crippen molar-refractivity contribution in [2.75, 3.05) is 0 Å². The minimum Gasteiger partial charge on any atom is -0.352 e. The first-order valence-electron chi connectivity index (χ1n) is 11.2. The Bertz CT molecular complexity index is 1310. The van der Waals surface area contributed by atoms with Crippen LogP contribution in [0, 0.1) is 25.6 Å². The Morgan fingerprint density at radius 3 is 2.75 bits per heavy atom. The van der Waals surface area contributed by atoms with Gasteiger partial charge in [0.25, 0.3) is 0 Å². The fourth-order valence-electron chi connectivity index (χ4n) is 4.65. The first-order valence-corrected chi connectivity index (χ1v) is 11.2. The van der Waals surface area contributed by atoms with Crippen molar-refractivity contribution in [3.8, 4) is 0 Å². The predicted molar refractivity (Wildman–Crippen MR) is 126 cm³/mol. The van der Waals surface area contributed by atoms with E-state index in [4.69, 9.17) is 0 Å². The molecule has 4 heteroatoms. The Balaban J connectivity index is 1.35. The van der Waals surface area contributed by atoms with Crippen LogP contribution in [0.5, 0.6) is 0 Å². The number of amides is 1. The van der Waals surface area contributed by atoms with Gasteiger partial charge < -0.3 is 9.88 Å². The molecular weight excluding hydrogens is 399 g/mol. The molecule has 4 aromatic rings. The molecule has 3 nitrogen and oxygen atoms in total. The average Bonchev–Trinajstić information content (AvgIpc) is 3.50. The van der Waals surface area contributed by atoms with Crippen molar-refractivity contribution in [1.82, 2.24) is 9.88 Å². The molecule has 1 saturated carbocycles. The number of nitrogens with one attached hydrogen (secondary N) is 1. The van der Waals surface area contributed by atoms with Gasteiger partial charge in [-0.05, 0) is 66.6 Å². The van der Waals surface area contributed by atoms with Gasteiger partial charge in [0.05, 0.1) is 0 Å². The lowest BCUT2D eigenvalue weighted by Crippen LogP contribution is -2.24. The molecule has 32 heavy (non-hydrogen) atoms. The maximum Gasteiger partial charge on any atom is 0.224 e. The molecule has 162 valence electrons. The third-order valence-corrected chi connectivity index (χ3v) is 6.55. The van der Waals surface area contributed by atoms with Gasteiger partial charge in [0.1, 0.15) is 5.82 Å². The molecule has 1 fully saturated rings. The first-order chi connectivity index (χ1) is 15.5. The predicted octanol–water partition coefficient (Wildman–Crippen LogP) is 5.87. The van der Waals surface area contributed by atoms with Crippen LogP contribution in [0.3, 0.4) is 0 Å². The molecule has 1 aliphatic rings. The average molecular weight is 427 g/mol. The van der Waals surface area contributed by atoms with Crippen molar-refractivity contribution in [2.45, 2.75) is 39.3 Å². The smallest absolute Gasteiger partial charge is 0.224 e. The monoisotopic (exact) mass is 426 g/mol. The number of hydrogen-bond acceptors (Lipinski definition) is 1. The van der Waals surface area contributed by atoms with Crippen LogP contribution in [0.4, 0.5) is 4.39 Å². The van der Waals surface area contributed by atoms with E-state index in [2.05, 4.69) is 72.4 Å². The second-order valence-corrected chi connectivity index (χ2v) is 8.96. The SMILES string of the molecule is Cc1ccc(C)c(Cn2cc([C@H]3C[C@@H]3C(=O)NCc3cccc(F)c3)c3ccccc32)c1. The molecule has 0 radical (unpaired) electrons. The van der Waals surface area contributed by atoms with Crippen LogP contribution in [0.25, 0.3) is 10.9 Å².